The third-order valence-electron chi connectivity index (χ3n) is 15.7. The summed E-state index contributed by atoms with van der Waals surface area (Å²) in [5, 5.41) is 13.6. The molecule has 0 fully saturated rings. The highest BCUT2D eigenvalue weighted by Crippen LogP contribution is 2.45. The molecule has 1 atom stereocenters. The lowest BCUT2D eigenvalue weighted by Gasteiger charge is -2.39. The van der Waals surface area contributed by atoms with Gasteiger partial charge >= 0.3 is 0 Å². The maximum Gasteiger partial charge on any atom is 0.251 e. The van der Waals surface area contributed by atoms with Crippen molar-refractivity contribution in [2.45, 2.75) is 99.0 Å². The van der Waals surface area contributed by atoms with Gasteiger partial charge in [-0.05, 0) is 173 Å². The zero-order valence-corrected chi connectivity index (χ0v) is 47.2. The normalized spacial score (nSPS) is 13.8. The van der Waals surface area contributed by atoms with Crippen LogP contribution in [-0.2, 0) is 0 Å². The summed E-state index contributed by atoms with van der Waals surface area (Å²) < 4.78 is 2.29. The molecule has 12 heteroatoms. The van der Waals surface area contributed by atoms with Gasteiger partial charge in [-0.1, -0.05) is 86.3 Å². The molecule has 0 saturated heterocycles. The molecule has 1 aliphatic carbocycles. The van der Waals surface area contributed by atoms with Crippen molar-refractivity contribution in [1.82, 2.24) is 20.9 Å². The highest BCUT2D eigenvalue weighted by molar-refractivity contribution is 6.11. The average molecular weight is 1060 g/mol. The molecule has 8 aromatic rings. The molecule has 0 saturated carbocycles. The predicted octanol–water partition coefficient (Wildman–Crippen LogP) is 13.5. The van der Waals surface area contributed by atoms with Crippen LogP contribution in [0.3, 0.4) is 0 Å². The molecule has 2 amide bonds. The molecule has 8 N–H and O–H groups in total. The number of aromatic nitrogens is 2. The topological polar surface area (TPSA) is 167 Å². The van der Waals surface area contributed by atoms with Crippen LogP contribution in [0.5, 0.6) is 0 Å². The quantitative estimate of drug-likeness (QED) is 0.0179. The monoisotopic (exact) mass is 1060 g/mol. The van der Waals surface area contributed by atoms with Gasteiger partial charge in [-0.15, -0.1) is 4.57 Å². The summed E-state index contributed by atoms with van der Waals surface area (Å²) in [6, 6.07) is 44.8. The fourth-order valence-electron chi connectivity index (χ4n) is 11.0. The summed E-state index contributed by atoms with van der Waals surface area (Å²) in [5.41, 5.74) is 35.7. The lowest BCUT2D eigenvalue weighted by Crippen LogP contribution is -2.41. The van der Waals surface area contributed by atoms with Gasteiger partial charge in [0.1, 0.15) is 11.0 Å². The number of nitrogens with zero attached hydrogens (tertiary/aromatic N) is 4. The molecule has 1 unspecified atom stereocenters. The molecule has 1 aliphatic heterocycles. The highest BCUT2D eigenvalue weighted by atomic mass is 16.2. The second-order valence-electron chi connectivity index (χ2n) is 21.7. The summed E-state index contributed by atoms with van der Waals surface area (Å²) in [6.45, 7) is 15.6. The van der Waals surface area contributed by atoms with E-state index in [4.69, 9.17) is 21.4 Å². The maximum atomic E-state index is 13.1. The Hall–Kier alpha value is -8.77. The number of hydrogen-bond acceptors (Lipinski definition) is 9. The first-order valence-electron chi connectivity index (χ1n) is 28.4. The van der Waals surface area contributed by atoms with E-state index >= 15 is 0 Å². The standard InChI is InChI=1S/C68H74N10O2/c1-43-19-11-13-21-61(43)77-63-39-53(69)45(3)35-57(63)75-59-37-47(5)55(41-65(59)77)71-31-15-7-9-17-33-73-67(79)51-27-23-49(24-28-51)50-25-29-52(30-26-50)68(80)74-34-18-10-8-16-32-72-56-42-66-60(38-48(56)6)76-58-36-46(4)54(70)40-64(58)78(66)62-22-14-12-20-44(62)2/h11-14,19-30,35-42,65,71H,7-10,15-18,31-34,69H2,1-6H3,(H4,70,72,73,74,79,80)/p+1. The lowest BCUT2D eigenvalue weighted by molar-refractivity contribution is -0.538. The molecule has 1 aromatic heterocycles. The molecule has 12 nitrogen and oxygen atoms in total. The van der Waals surface area contributed by atoms with Crippen LogP contribution in [0.1, 0.15) is 107 Å². The van der Waals surface area contributed by atoms with Gasteiger partial charge in [0.2, 0.25) is 16.7 Å². The van der Waals surface area contributed by atoms with Crippen molar-refractivity contribution in [2.75, 3.05) is 47.9 Å². The largest absolute Gasteiger partial charge is 0.398 e. The van der Waals surface area contributed by atoms with Gasteiger partial charge in [-0.3, -0.25) is 9.59 Å². The number of para-hydroxylation sites is 2. The van der Waals surface area contributed by atoms with Gasteiger partial charge in [0.15, 0.2) is 0 Å². The molecule has 408 valence electrons. The summed E-state index contributed by atoms with van der Waals surface area (Å²) in [6.07, 6.45) is 12.5. The number of fused-ring (bicyclic) bond motifs is 4. The SMILES string of the molecule is CC1=CC2=Nc3cc(C)c(N)cc3N(c3ccccc3C)C2C=C1NCCCCCCNC(=O)c1ccc(-c2ccc(C(=O)NCCCCCCNc3cc4c(cc3C)nc3cc(C)c(N)cc3[n+]4-c3ccccc3C)cc2)cc1. The van der Waals surface area contributed by atoms with Gasteiger partial charge in [0.05, 0.1) is 23.1 Å². The van der Waals surface area contributed by atoms with Crippen LogP contribution in [0, 0.1) is 34.6 Å². The van der Waals surface area contributed by atoms with E-state index in [0.717, 1.165) is 166 Å². The smallest absolute Gasteiger partial charge is 0.251 e. The van der Waals surface area contributed by atoms with E-state index in [0.29, 0.717) is 24.2 Å². The fraction of sp³-hybridized carbons (Fsp3) is 0.279. The Balaban J connectivity index is 0.619. The van der Waals surface area contributed by atoms with E-state index in [-0.39, 0.29) is 17.9 Å². The zero-order chi connectivity index (χ0) is 55.9. The van der Waals surface area contributed by atoms with Crippen molar-refractivity contribution in [2.24, 2.45) is 4.99 Å². The van der Waals surface area contributed by atoms with Crippen molar-refractivity contribution in [3.05, 3.63) is 196 Å². The molecule has 80 heavy (non-hydrogen) atoms. The van der Waals surface area contributed by atoms with Crippen molar-refractivity contribution in [3.8, 4) is 16.8 Å². The molecular formula is C68H75N10O2+. The van der Waals surface area contributed by atoms with E-state index < -0.39 is 0 Å². The Morgan fingerprint density at radius 3 is 1.70 bits per heavy atom. The Bertz CT molecular complexity index is 3710. The van der Waals surface area contributed by atoms with Gasteiger partial charge in [0, 0.05) is 89.5 Å². The molecule has 10 rings (SSSR count). The van der Waals surface area contributed by atoms with Gasteiger partial charge in [-0.25, -0.2) is 9.98 Å². The van der Waals surface area contributed by atoms with E-state index in [1.807, 2.05) is 68.4 Å². The molecule has 0 radical (unpaired) electrons. The van der Waals surface area contributed by atoms with E-state index in [1.54, 1.807) is 0 Å². The number of nitrogens with two attached hydrogens (primary N) is 2. The Morgan fingerprint density at radius 2 is 1.07 bits per heavy atom. The van der Waals surface area contributed by atoms with E-state index in [9.17, 15) is 9.59 Å². The van der Waals surface area contributed by atoms with Crippen molar-refractivity contribution >= 4 is 73.7 Å². The maximum absolute atomic E-state index is 13.1. The number of amides is 2. The molecule has 2 heterocycles. The first-order chi connectivity index (χ1) is 38.8. The molecular weight excluding hydrogens is 989 g/mol. The lowest BCUT2D eigenvalue weighted by atomic mass is 9.93. The summed E-state index contributed by atoms with van der Waals surface area (Å²) in [7, 11) is 0. The van der Waals surface area contributed by atoms with Crippen molar-refractivity contribution < 1.29 is 14.2 Å². The summed E-state index contributed by atoms with van der Waals surface area (Å²) in [4.78, 5) is 38.7. The Morgan fingerprint density at radius 1 is 0.537 bits per heavy atom. The second-order valence-corrected chi connectivity index (χ2v) is 21.7. The number of anilines is 5. The van der Waals surface area contributed by atoms with Gasteiger partial charge in [0.25, 0.3) is 11.8 Å². The van der Waals surface area contributed by atoms with Gasteiger partial charge < -0.3 is 37.6 Å². The van der Waals surface area contributed by atoms with Crippen molar-refractivity contribution in [1.29, 1.82) is 0 Å². The van der Waals surface area contributed by atoms with Crippen LogP contribution in [0.15, 0.2) is 162 Å². The number of rotatable bonds is 21. The number of aliphatic imine (C=N–C) groups is 1. The summed E-state index contributed by atoms with van der Waals surface area (Å²) in [5.74, 6) is -0.147. The number of nitrogen functional groups attached to an aromatic ring is 2. The molecule has 2 aliphatic rings. The predicted molar refractivity (Wildman–Crippen MR) is 331 cm³/mol. The minimum Gasteiger partial charge on any atom is -0.398 e. The minimum absolute atomic E-state index is 0.0578. The minimum atomic E-state index is -0.0745. The van der Waals surface area contributed by atoms with Crippen LogP contribution < -0.4 is 42.2 Å². The Labute approximate surface area is 471 Å². The number of carbonyl (C=O) groups excluding carboxylic acids is 2. The van der Waals surface area contributed by atoms with Crippen LogP contribution >= 0.6 is 0 Å². The fourth-order valence-corrected chi connectivity index (χ4v) is 11.0. The molecule has 0 spiro atoms. The third-order valence-corrected chi connectivity index (χ3v) is 15.7. The van der Waals surface area contributed by atoms with Crippen LogP contribution in [-0.4, -0.2) is 54.7 Å². The number of aryl methyl sites for hydroxylation is 5. The summed E-state index contributed by atoms with van der Waals surface area (Å²) >= 11 is 0. The van der Waals surface area contributed by atoms with E-state index in [1.165, 1.54) is 16.7 Å². The average Bonchev–Trinajstić information content (AvgIpc) is 3.12. The highest BCUT2D eigenvalue weighted by Gasteiger charge is 2.33. The first kappa shape index (κ1) is 54.6. The van der Waals surface area contributed by atoms with Crippen LogP contribution in [0.25, 0.3) is 38.9 Å². The zero-order valence-electron chi connectivity index (χ0n) is 47.2. The third kappa shape index (κ3) is 12.1. The van der Waals surface area contributed by atoms with Crippen molar-refractivity contribution in [3.63, 3.8) is 0 Å². The Kier molecular flexibility index (Phi) is 16.7. The molecule has 0 bridgehead atoms. The van der Waals surface area contributed by atoms with Crippen LogP contribution in [0.4, 0.5) is 34.1 Å². The number of carbonyl (C=O) groups is 2. The van der Waals surface area contributed by atoms with Gasteiger partial charge in [-0.2, -0.15) is 0 Å². The number of nitrogens with one attached hydrogen (secondary N) is 4. The number of benzene rings is 7. The number of allylic oxidation sites excluding steroid dienone is 1. The number of hydrogen-bond donors (Lipinski definition) is 6. The van der Waals surface area contributed by atoms with E-state index in [2.05, 4.69) is 149 Å². The number of unbranched alkanes of at least 4 members (excludes halogenated alkanes) is 6. The van der Waals surface area contributed by atoms with Crippen LogP contribution in [0.2, 0.25) is 0 Å². The molecule has 7 aromatic carbocycles. The first-order valence-corrected chi connectivity index (χ1v) is 28.4. The second kappa shape index (κ2) is 24.5.